The minimum atomic E-state index is -0.720. The van der Waals surface area contributed by atoms with Gasteiger partial charge in [-0.05, 0) is 37.6 Å². The lowest BCUT2D eigenvalue weighted by Gasteiger charge is -2.36. The van der Waals surface area contributed by atoms with Gasteiger partial charge in [0.15, 0.2) is 0 Å². The van der Waals surface area contributed by atoms with Crippen LogP contribution in [-0.2, 0) is 4.79 Å². The third kappa shape index (κ3) is 4.80. The van der Waals surface area contributed by atoms with Crippen LogP contribution in [0.4, 0.5) is 5.69 Å². The summed E-state index contributed by atoms with van der Waals surface area (Å²) in [6.07, 6.45) is 0.221. The lowest BCUT2D eigenvalue weighted by Crippen LogP contribution is -2.47. The molecule has 5 heteroatoms. The number of nitrogens with zero attached hydrogens (tertiary/aromatic N) is 2. The highest BCUT2D eigenvalue weighted by atomic mass is 32.2. The minimum Gasteiger partial charge on any atom is -0.481 e. The molecule has 0 unspecified atom stereocenters. The second kappa shape index (κ2) is 8.60. The van der Waals surface area contributed by atoms with Gasteiger partial charge in [0.05, 0.1) is 12.1 Å². The van der Waals surface area contributed by atoms with Gasteiger partial charge >= 0.3 is 5.97 Å². The van der Waals surface area contributed by atoms with Crippen molar-refractivity contribution in [3.8, 4) is 0 Å². The summed E-state index contributed by atoms with van der Waals surface area (Å²) in [6.45, 7) is 8.63. The van der Waals surface area contributed by atoms with E-state index in [9.17, 15) is 4.79 Å². The van der Waals surface area contributed by atoms with Crippen molar-refractivity contribution >= 4 is 23.4 Å². The number of hydrogen-bond donors (Lipinski definition) is 1. The number of aliphatic carboxylic acids is 1. The number of para-hydroxylation sites is 1. The number of piperazine rings is 1. The molecule has 2 aromatic rings. The molecule has 1 fully saturated rings. The van der Waals surface area contributed by atoms with Gasteiger partial charge < -0.3 is 10.0 Å². The van der Waals surface area contributed by atoms with Crippen LogP contribution in [-0.4, -0.2) is 48.7 Å². The van der Waals surface area contributed by atoms with Gasteiger partial charge in [-0.2, -0.15) is 0 Å². The summed E-state index contributed by atoms with van der Waals surface area (Å²) in [5.41, 5.74) is 3.87. The predicted octanol–water partition coefficient (Wildman–Crippen LogP) is 4.05. The molecule has 0 aliphatic carbocycles. The second-order valence-electron chi connectivity index (χ2n) is 6.81. The van der Waals surface area contributed by atoms with Crippen LogP contribution in [0.1, 0.15) is 17.5 Å². The lowest BCUT2D eigenvalue weighted by molar-refractivity contribution is -0.137. The summed E-state index contributed by atoms with van der Waals surface area (Å²) < 4.78 is 0. The Morgan fingerprint density at radius 1 is 1.04 bits per heavy atom. The summed E-state index contributed by atoms with van der Waals surface area (Å²) in [4.78, 5) is 18.0. The first-order valence-electron chi connectivity index (χ1n) is 9.06. The highest BCUT2D eigenvalue weighted by Crippen LogP contribution is 2.37. The highest BCUT2D eigenvalue weighted by Gasteiger charge is 2.20. The normalized spacial score (nSPS) is 15.2. The number of hydrogen-bond acceptors (Lipinski definition) is 4. The minimum absolute atomic E-state index is 0.221. The Balaban J connectivity index is 1.69. The van der Waals surface area contributed by atoms with E-state index >= 15 is 0 Å². The molecule has 1 heterocycles. The second-order valence-corrected chi connectivity index (χ2v) is 7.89. The molecular formula is C21H26N2O2S. The maximum absolute atomic E-state index is 10.8. The maximum atomic E-state index is 10.8. The standard InChI is InChI=1S/C21H26N2O2S/c1-16-7-8-19(17(2)15-16)26-20-6-4-3-5-18(20)23-13-11-22(12-14-23)10-9-21(24)25/h3-8,15H,9-14H2,1-2H3,(H,24,25). The number of rotatable bonds is 6. The monoisotopic (exact) mass is 370 g/mol. The number of benzene rings is 2. The largest absolute Gasteiger partial charge is 0.481 e. The molecule has 0 amide bonds. The number of aryl methyl sites for hydroxylation is 2. The van der Waals surface area contributed by atoms with Gasteiger partial charge in [0.25, 0.3) is 0 Å². The van der Waals surface area contributed by atoms with E-state index in [4.69, 9.17) is 5.11 Å². The van der Waals surface area contributed by atoms with Gasteiger partial charge in [0.2, 0.25) is 0 Å². The fourth-order valence-corrected chi connectivity index (χ4v) is 4.34. The maximum Gasteiger partial charge on any atom is 0.304 e. The van der Waals surface area contributed by atoms with E-state index < -0.39 is 5.97 Å². The van der Waals surface area contributed by atoms with Crippen molar-refractivity contribution < 1.29 is 9.90 Å². The van der Waals surface area contributed by atoms with E-state index in [1.165, 1.54) is 26.6 Å². The first-order valence-corrected chi connectivity index (χ1v) is 9.88. The van der Waals surface area contributed by atoms with Gasteiger partial charge in [-0.15, -0.1) is 0 Å². The zero-order valence-corrected chi connectivity index (χ0v) is 16.3. The molecule has 1 aliphatic rings. The predicted molar refractivity (Wildman–Crippen MR) is 107 cm³/mol. The Morgan fingerprint density at radius 3 is 2.46 bits per heavy atom. The smallest absolute Gasteiger partial charge is 0.304 e. The number of carbonyl (C=O) groups is 1. The van der Waals surface area contributed by atoms with Crippen LogP contribution in [0.3, 0.4) is 0 Å². The van der Waals surface area contributed by atoms with E-state index in [2.05, 4.69) is 66.1 Å². The van der Waals surface area contributed by atoms with E-state index in [1.807, 2.05) is 11.8 Å². The first kappa shape index (κ1) is 18.8. The topological polar surface area (TPSA) is 43.8 Å². The van der Waals surface area contributed by atoms with Crippen LogP contribution in [0.5, 0.6) is 0 Å². The average molecular weight is 371 g/mol. The molecule has 0 radical (unpaired) electrons. The fraction of sp³-hybridized carbons (Fsp3) is 0.381. The van der Waals surface area contributed by atoms with Gasteiger partial charge in [0.1, 0.15) is 0 Å². The quantitative estimate of drug-likeness (QED) is 0.831. The molecule has 4 nitrogen and oxygen atoms in total. The van der Waals surface area contributed by atoms with E-state index in [-0.39, 0.29) is 6.42 Å². The fourth-order valence-electron chi connectivity index (χ4n) is 3.30. The number of carboxylic acid groups (broad SMARTS) is 1. The Labute approximate surface area is 159 Å². The van der Waals surface area contributed by atoms with Gasteiger partial charge in [0, 0.05) is 42.5 Å². The number of anilines is 1. The van der Waals surface area contributed by atoms with Crippen molar-refractivity contribution in [3.05, 3.63) is 53.6 Å². The van der Waals surface area contributed by atoms with Crippen LogP contribution in [0.15, 0.2) is 52.3 Å². The van der Waals surface area contributed by atoms with Gasteiger partial charge in [-0.1, -0.05) is 41.6 Å². The Bertz CT molecular complexity index is 770. The van der Waals surface area contributed by atoms with Crippen LogP contribution in [0, 0.1) is 13.8 Å². The molecule has 0 bridgehead atoms. The van der Waals surface area contributed by atoms with Crippen molar-refractivity contribution in [3.63, 3.8) is 0 Å². The molecule has 2 aromatic carbocycles. The molecular weight excluding hydrogens is 344 g/mol. The van der Waals surface area contributed by atoms with Gasteiger partial charge in [-0.25, -0.2) is 0 Å². The van der Waals surface area contributed by atoms with Crippen molar-refractivity contribution in [1.29, 1.82) is 0 Å². The molecule has 1 aliphatic heterocycles. The number of carboxylic acids is 1. The summed E-state index contributed by atoms with van der Waals surface area (Å²) in [7, 11) is 0. The van der Waals surface area contributed by atoms with E-state index in [0.29, 0.717) is 6.54 Å². The summed E-state index contributed by atoms with van der Waals surface area (Å²) >= 11 is 1.83. The van der Waals surface area contributed by atoms with Crippen LogP contribution < -0.4 is 4.90 Å². The first-order chi connectivity index (χ1) is 12.5. The zero-order chi connectivity index (χ0) is 18.5. The average Bonchev–Trinajstić information content (AvgIpc) is 2.63. The van der Waals surface area contributed by atoms with Crippen molar-refractivity contribution in [2.45, 2.75) is 30.1 Å². The molecule has 1 saturated heterocycles. The molecule has 0 aromatic heterocycles. The van der Waals surface area contributed by atoms with Crippen molar-refractivity contribution in [1.82, 2.24) is 4.90 Å². The molecule has 0 spiro atoms. The van der Waals surface area contributed by atoms with Crippen LogP contribution in [0.25, 0.3) is 0 Å². The zero-order valence-electron chi connectivity index (χ0n) is 15.4. The third-order valence-electron chi connectivity index (χ3n) is 4.77. The summed E-state index contributed by atoms with van der Waals surface area (Å²) in [5.74, 6) is -0.720. The van der Waals surface area contributed by atoms with Crippen molar-refractivity contribution in [2.75, 3.05) is 37.6 Å². The van der Waals surface area contributed by atoms with Crippen LogP contribution >= 0.6 is 11.8 Å². The Morgan fingerprint density at radius 2 is 1.77 bits per heavy atom. The third-order valence-corrected chi connectivity index (χ3v) is 6.01. The molecule has 0 saturated carbocycles. The van der Waals surface area contributed by atoms with Crippen LogP contribution in [0.2, 0.25) is 0 Å². The molecule has 0 atom stereocenters. The molecule has 26 heavy (non-hydrogen) atoms. The van der Waals surface area contributed by atoms with E-state index in [1.54, 1.807) is 0 Å². The van der Waals surface area contributed by atoms with E-state index in [0.717, 1.165) is 26.2 Å². The Hall–Kier alpha value is -1.98. The SMILES string of the molecule is Cc1ccc(Sc2ccccc2N2CCN(CCC(=O)O)CC2)c(C)c1. The molecule has 3 rings (SSSR count). The van der Waals surface area contributed by atoms with Crippen molar-refractivity contribution in [2.24, 2.45) is 0 Å². The van der Waals surface area contributed by atoms with Gasteiger partial charge in [-0.3, -0.25) is 9.69 Å². The summed E-state index contributed by atoms with van der Waals surface area (Å²) in [5, 5.41) is 8.85. The summed E-state index contributed by atoms with van der Waals surface area (Å²) in [6, 6.07) is 15.2. The molecule has 1 N–H and O–H groups in total. The lowest BCUT2D eigenvalue weighted by atomic mass is 10.2. The highest BCUT2D eigenvalue weighted by molar-refractivity contribution is 7.99. The molecule has 138 valence electrons. The Kier molecular flexibility index (Phi) is 6.22.